The van der Waals surface area contributed by atoms with Crippen LogP contribution < -0.4 is 0 Å². The molecule has 0 aliphatic rings. The molecule has 0 aromatic carbocycles. The van der Waals surface area contributed by atoms with Crippen molar-refractivity contribution in [1.29, 1.82) is 0 Å². The molecule has 1 atom stereocenters. The average Bonchev–Trinajstić information content (AvgIpc) is 1.38. The fourth-order valence-electron chi connectivity index (χ4n) is 0. The molecule has 3 heteroatoms. The van der Waals surface area contributed by atoms with Crippen LogP contribution in [0, 0.1) is 0 Å². The molecule has 0 aliphatic carbocycles. The zero-order chi connectivity index (χ0) is 4.28. The van der Waals surface area contributed by atoms with Crippen molar-refractivity contribution in [2.24, 2.45) is 0 Å². The van der Waals surface area contributed by atoms with Crippen molar-refractivity contribution in [3.05, 3.63) is 0 Å². The maximum Gasteiger partial charge on any atom is 0.132 e. The van der Waals surface area contributed by atoms with Gasteiger partial charge in [-0.2, -0.15) is 0 Å². The quantitative estimate of drug-likeness (QED) is 0.397. The van der Waals surface area contributed by atoms with Gasteiger partial charge in [0.05, 0.1) is 7.85 Å². The molecule has 0 rings (SSSR count). The number of hydrogen-bond acceptors (Lipinski definition) is 1. The Morgan fingerprint density at radius 3 is 2.20 bits per heavy atom. The molecule has 0 spiro atoms. The molecule has 1 N–H and O–H groups in total. The predicted molar refractivity (Wildman–Crippen MR) is 23.4 cm³/mol. The number of aliphatic hydroxyl groups is 1. The second kappa shape index (κ2) is 2.33. The van der Waals surface area contributed by atoms with Crippen molar-refractivity contribution in [2.75, 3.05) is 0 Å². The maximum absolute atomic E-state index is 8.08. The molecule has 1 nitrogen and oxygen atoms in total. The summed E-state index contributed by atoms with van der Waals surface area (Å²) in [5.41, 5.74) is 0. The molecule has 0 saturated heterocycles. The van der Waals surface area contributed by atoms with Crippen molar-refractivity contribution < 1.29 is 5.11 Å². The fraction of sp³-hybridized carbons (Fsp3) is 1.00. The Morgan fingerprint density at radius 1 is 2.00 bits per heavy atom. The van der Waals surface area contributed by atoms with Gasteiger partial charge in [0.1, 0.15) is 7.28 Å². The second-order valence-corrected chi connectivity index (χ2v) is 0.824. The summed E-state index contributed by atoms with van der Waals surface area (Å²) in [4.78, 5) is 0. The van der Waals surface area contributed by atoms with Gasteiger partial charge in [-0.3, -0.25) is 0 Å². The third kappa shape index (κ3) is 4.09. The number of hydrogen-bond donors (Lipinski definition) is 1. The van der Waals surface area contributed by atoms with Crippen LogP contribution >= 0.6 is 0 Å². The summed E-state index contributed by atoms with van der Waals surface area (Å²) in [6, 6.07) is 0. The Balaban J connectivity index is 2.54. The van der Waals surface area contributed by atoms with Crippen LogP contribution in [0.3, 0.4) is 0 Å². The molecule has 5 heavy (non-hydrogen) atoms. The first-order valence-corrected chi connectivity index (χ1v) is 1.50. The van der Waals surface area contributed by atoms with Gasteiger partial charge in [-0.05, 0) is 5.90 Å². The van der Waals surface area contributed by atoms with E-state index in [0.29, 0.717) is 0 Å². The van der Waals surface area contributed by atoms with Gasteiger partial charge >= 0.3 is 0 Å². The number of aliphatic hydroxyl groups excluding tert-OH is 1. The smallest absolute Gasteiger partial charge is 0.132 e. The third-order valence-corrected chi connectivity index (χ3v) is 0.342. The Bertz CT molecular complexity index is 21.6. The summed E-state index contributed by atoms with van der Waals surface area (Å²) in [5.74, 6) is -0.741. The molecule has 3 radical (unpaired) electrons. The summed E-state index contributed by atoms with van der Waals surface area (Å²) in [5, 5.41) is 8.08. The van der Waals surface area contributed by atoms with Crippen molar-refractivity contribution in [2.45, 2.75) is 12.7 Å². The van der Waals surface area contributed by atoms with E-state index in [9.17, 15) is 0 Å². The Morgan fingerprint density at radius 2 is 2.20 bits per heavy atom. The fourth-order valence-corrected chi connectivity index (χ4v) is 0. The van der Waals surface area contributed by atoms with Crippen molar-refractivity contribution in [3.63, 3.8) is 0 Å². The van der Waals surface area contributed by atoms with E-state index in [-0.39, 0.29) is 0 Å². The summed E-state index contributed by atoms with van der Waals surface area (Å²) in [6.07, 6.45) is 0. The summed E-state index contributed by atoms with van der Waals surface area (Å²) < 4.78 is 0. The number of rotatable bonds is 1. The van der Waals surface area contributed by atoms with Crippen LogP contribution in [0.5, 0.6) is 0 Å². The predicted octanol–water partition coefficient (Wildman–Crippen LogP) is -0.817. The highest BCUT2D eigenvalue weighted by atomic mass is 16.3. The Labute approximate surface area is 34.0 Å². The highest BCUT2D eigenvalue weighted by Crippen LogP contribution is 1.61. The lowest BCUT2D eigenvalue weighted by atomic mass is 9.65. The monoisotopic (exact) mass is 67.1 g/mol. The first-order valence-electron chi connectivity index (χ1n) is 1.50. The molecule has 25 valence electrons. The van der Waals surface area contributed by atoms with Gasteiger partial charge in [-0.25, -0.2) is 0 Å². The summed E-state index contributed by atoms with van der Waals surface area (Å²) in [7, 11) is 6.29. The lowest BCUT2D eigenvalue weighted by Gasteiger charge is -1.88. The lowest BCUT2D eigenvalue weighted by Crippen LogP contribution is -2.11. The van der Waals surface area contributed by atoms with Crippen LogP contribution in [0.1, 0.15) is 0 Å². The normalized spacial score (nSPS) is 14.0. The van der Waals surface area contributed by atoms with Gasteiger partial charge in [0.2, 0.25) is 0 Å². The van der Waals surface area contributed by atoms with Crippen LogP contribution in [-0.2, 0) is 0 Å². The van der Waals surface area contributed by atoms with Gasteiger partial charge in [-0.1, -0.05) is 6.82 Å². The zero-order valence-corrected chi connectivity index (χ0v) is 3.18. The van der Waals surface area contributed by atoms with Gasteiger partial charge in [0.25, 0.3) is 0 Å². The summed E-state index contributed by atoms with van der Waals surface area (Å²) in [6.45, 7) is 1.70. The van der Waals surface area contributed by atoms with Gasteiger partial charge in [0.15, 0.2) is 0 Å². The van der Waals surface area contributed by atoms with Crippen LogP contribution in [0.25, 0.3) is 0 Å². The molecule has 0 fully saturated rings. The molecule has 0 amide bonds. The van der Waals surface area contributed by atoms with E-state index in [1.165, 1.54) is 7.28 Å². The van der Waals surface area contributed by atoms with Crippen molar-refractivity contribution >= 4 is 15.1 Å². The van der Waals surface area contributed by atoms with E-state index < -0.39 is 5.90 Å². The first kappa shape index (κ1) is 5.09. The van der Waals surface area contributed by atoms with Crippen LogP contribution in [0.4, 0.5) is 0 Å². The molecular formula is C2H5B2O. The van der Waals surface area contributed by atoms with E-state index in [1.54, 1.807) is 6.82 Å². The van der Waals surface area contributed by atoms with Gasteiger partial charge in [0, 0.05) is 0 Å². The molecule has 1 unspecified atom stereocenters. The first-order chi connectivity index (χ1) is 2.27. The molecule has 0 heterocycles. The van der Waals surface area contributed by atoms with E-state index >= 15 is 0 Å². The van der Waals surface area contributed by atoms with E-state index in [2.05, 4.69) is 0 Å². The highest BCUT2D eigenvalue weighted by Gasteiger charge is 1.84. The maximum atomic E-state index is 8.08. The molecule has 0 bridgehead atoms. The standard InChI is InChI=1S/C2H5B2O/c1-4-2(3)5/h2,5H,1H3. The van der Waals surface area contributed by atoms with Crippen LogP contribution in [0.2, 0.25) is 6.82 Å². The minimum absolute atomic E-state index is 0.741. The minimum atomic E-state index is -0.741. The van der Waals surface area contributed by atoms with Crippen molar-refractivity contribution in [1.82, 2.24) is 0 Å². The molecular weight excluding hydrogens is 61.6 g/mol. The van der Waals surface area contributed by atoms with Gasteiger partial charge in [-0.15, -0.1) is 0 Å². The Hall–Kier alpha value is 0.0899. The second-order valence-electron chi connectivity index (χ2n) is 0.824. The van der Waals surface area contributed by atoms with Crippen LogP contribution in [0.15, 0.2) is 0 Å². The molecule has 0 aromatic rings. The highest BCUT2D eigenvalue weighted by molar-refractivity contribution is 6.48. The lowest BCUT2D eigenvalue weighted by molar-refractivity contribution is 0.329. The molecule has 0 saturated carbocycles. The van der Waals surface area contributed by atoms with Gasteiger partial charge < -0.3 is 5.11 Å². The topological polar surface area (TPSA) is 20.2 Å². The minimum Gasteiger partial charge on any atom is -0.411 e. The SMILES string of the molecule is [B]C(O)[B]C. The van der Waals surface area contributed by atoms with Crippen LogP contribution in [-0.4, -0.2) is 26.1 Å². The summed E-state index contributed by atoms with van der Waals surface area (Å²) >= 11 is 0. The third-order valence-electron chi connectivity index (χ3n) is 0.342. The van der Waals surface area contributed by atoms with E-state index in [4.69, 9.17) is 13.0 Å². The van der Waals surface area contributed by atoms with E-state index in [1.807, 2.05) is 0 Å². The average molecular weight is 66.7 g/mol. The molecule has 0 aromatic heterocycles. The zero-order valence-electron chi connectivity index (χ0n) is 3.18. The Kier molecular flexibility index (Phi) is 2.38. The van der Waals surface area contributed by atoms with Crippen molar-refractivity contribution in [3.8, 4) is 0 Å². The largest absolute Gasteiger partial charge is 0.411 e. The van der Waals surface area contributed by atoms with E-state index in [0.717, 1.165) is 0 Å². The molecule has 0 aliphatic heterocycles.